The van der Waals surface area contributed by atoms with Gasteiger partial charge in [-0.3, -0.25) is 10.1 Å². The smallest absolute Gasteiger partial charge is 0.269 e. The van der Waals surface area contributed by atoms with Crippen molar-refractivity contribution in [3.63, 3.8) is 0 Å². The van der Waals surface area contributed by atoms with Crippen molar-refractivity contribution in [2.75, 3.05) is 24.5 Å². The molecule has 2 aromatic carbocycles. The molecule has 0 aliphatic carbocycles. The molecule has 1 aliphatic heterocycles. The van der Waals surface area contributed by atoms with Crippen molar-refractivity contribution in [3.8, 4) is 0 Å². The fraction of sp³-hybridized carbons (Fsp3) is 0.364. The van der Waals surface area contributed by atoms with E-state index in [1.165, 1.54) is 46.9 Å². The summed E-state index contributed by atoms with van der Waals surface area (Å²) in [6.45, 7) is 3.99. The summed E-state index contributed by atoms with van der Waals surface area (Å²) < 4.78 is 32.2. The minimum Gasteiger partial charge on any atom is -0.347 e. The van der Waals surface area contributed by atoms with Crippen LogP contribution in [0.25, 0.3) is 0 Å². The van der Waals surface area contributed by atoms with Crippen molar-refractivity contribution >= 4 is 32.4 Å². The van der Waals surface area contributed by atoms with Gasteiger partial charge in [0.1, 0.15) is 5.82 Å². The molecule has 33 heavy (non-hydrogen) atoms. The second-order valence-corrected chi connectivity index (χ2v) is 10.7. The molecule has 1 aliphatic rings. The standard InChI is InChI=1S/C22H25N5O4S2/c1-16-2-4-17(5-3-16)14-21-24-22(32-25-21)26-12-10-18(11-13-26)15-23-33(30,31)20-8-6-19(7-9-20)27(28)29/h2-9,18,23H,10-15H2,1H3. The number of non-ortho nitro benzene ring substituents is 1. The van der Waals surface area contributed by atoms with E-state index in [1.807, 2.05) is 0 Å². The van der Waals surface area contributed by atoms with E-state index in [0.29, 0.717) is 13.0 Å². The second kappa shape index (κ2) is 9.94. The van der Waals surface area contributed by atoms with Gasteiger partial charge in [0.15, 0.2) is 0 Å². The molecule has 1 N–H and O–H groups in total. The Labute approximate surface area is 196 Å². The fourth-order valence-corrected chi connectivity index (χ4v) is 5.57. The number of benzene rings is 2. The first-order valence-electron chi connectivity index (χ1n) is 10.7. The zero-order chi connectivity index (χ0) is 23.4. The number of nitrogens with one attached hydrogen (secondary N) is 1. The molecule has 1 fully saturated rings. The number of nitrogens with zero attached hydrogens (tertiary/aromatic N) is 4. The molecule has 0 radical (unpaired) electrons. The van der Waals surface area contributed by atoms with Crippen molar-refractivity contribution < 1.29 is 13.3 Å². The van der Waals surface area contributed by atoms with Crippen LogP contribution in [0, 0.1) is 23.0 Å². The molecule has 1 saturated heterocycles. The predicted octanol–water partition coefficient (Wildman–Crippen LogP) is 3.54. The van der Waals surface area contributed by atoms with Gasteiger partial charge in [-0.15, -0.1) is 0 Å². The third kappa shape index (κ3) is 5.92. The lowest BCUT2D eigenvalue weighted by molar-refractivity contribution is -0.384. The van der Waals surface area contributed by atoms with E-state index < -0.39 is 14.9 Å². The molecule has 0 unspecified atom stereocenters. The normalized spacial score (nSPS) is 15.0. The minimum absolute atomic E-state index is 0.0282. The Bertz CT molecular complexity index is 1200. The Morgan fingerprint density at radius 3 is 2.42 bits per heavy atom. The number of nitro groups is 1. The molecule has 0 amide bonds. The summed E-state index contributed by atoms with van der Waals surface area (Å²) in [7, 11) is -3.70. The molecule has 4 rings (SSSR count). The number of hydrogen-bond acceptors (Lipinski definition) is 8. The van der Waals surface area contributed by atoms with E-state index in [0.717, 1.165) is 36.9 Å². The SMILES string of the molecule is Cc1ccc(Cc2nsc(N3CCC(CNS(=O)(=O)c4ccc([N+](=O)[O-])cc4)CC3)n2)cc1. The van der Waals surface area contributed by atoms with Gasteiger partial charge in [0.25, 0.3) is 5.69 Å². The Morgan fingerprint density at radius 1 is 1.12 bits per heavy atom. The Hall–Kier alpha value is -2.89. The van der Waals surface area contributed by atoms with Crippen molar-refractivity contribution in [2.24, 2.45) is 5.92 Å². The highest BCUT2D eigenvalue weighted by Gasteiger charge is 2.24. The molecular formula is C22H25N5O4S2. The van der Waals surface area contributed by atoms with Crippen LogP contribution in [0.1, 0.15) is 29.8 Å². The number of rotatable bonds is 8. The van der Waals surface area contributed by atoms with Crippen molar-refractivity contribution in [1.82, 2.24) is 14.1 Å². The summed E-state index contributed by atoms with van der Waals surface area (Å²) in [5, 5.41) is 11.7. The van der Waals surface area contributed by atoms with Crippen LogP contribution in [0.5, 0.6) is 0 Å². The summed E-state index contributed by atoms with van der Waals surface area (Å²) in [4.78, 5) is 17.1. The van der Waals surface area contributed by atoms with Gasteiger partial charge in [-0.05, 0) is 43.4 Å². The highest BCUT2D eigenvalue weighted by atomic mass is 32.2. The maximum Gasteiger partial charge on any atom is 0.269 e. The molecule has 9 nitrogen and oxygen atoms in total. The zero-order valence-corrected chi connectivity index (χ0v) is 19.8. The van der Waals surface area contributed by atoms with Gasteiger partial charge in [0.2, 0.25) is 15.2 Å². The van der Waals surface area contributed by atoms with Crippen molar-refractivity contribution in [3.05, 3.63) is 75.6 Å². The number of anilines is 1. The van der Waals surface area contributed by atoms with E-state index in [-0.39, 0.29) is 16.5 Å². The topological polar surface area (TPSA) is 118 Å². The molecule has 0 bridgehead atoms. The lowest BCUT2D eigenvalue weighted by Crippen LogP contribution is -2.38. The molecule has 3 aromatic rings. The van der Waals surface area contributed by atoms with Crippen LogP contribution >= 0.6 is 11.5 Å². The zero-order valence-electron chi connectivity index (χ0n) is 18.2. The van der Waals surface area contributed by atoms with Crippen LogP contribution in [0.3, 0.4) is 0 Å². The Kier molecular flexibility index (Phi) is 7.01. The summed E-state index contributed by atoms with van der Waals surface area (Å²) in [6, 6.07) is 13.3. The van der Waals surface area contributed by atoms with Gasteiger partial charge in [0.05, 0.1) is 9.82 Å². The average Bonchev–Trinajstić information content (AvgIpc) is 3.28. The molecule has 0 atom stereocenters. The average molecular weight is 488 g/mol. The highest BCUT2D eigenvalue weighted by molar-refractivity contribution is 7.89. The van der Waals surface area contributed by atoms with E-state index in [1.54, 1.807) is 0 Å². The molecule has 0 spiro atoms. The number of hydrogen-bond donors (Lipinski definition) is 1. The molecule has 0 saturated carbocycles. The van der Waals surface area contributed by atoms with Gasteiger partial charge in [0, 0.05) is 49.7 Å². The van der Waals surface area contributed by atoms with Crippen LogP contribution in [0.15, 0.2) is 53.4 Å². The van der Waals surface area contributed by atoms with E-state index in [4.69, 9.17) is 4.98 Å². The summed E-state index contributed by atoms with van der Waals surface area (Å²) in [6.07, 6.45) is 2.39. The number of aromatic nitrogens is 2. The van der Waals surface area contributed by atoms with Crippen molar-refractivity contribution in [2.45, 2.75) is 31.1 Å². The lowest BCUT2D eigenvalue weighted by atomic mass is 9.97. The minimum atomic E-state index is -3.70. The third-order valence-corrected chi connectivity index (χ3v) is 8.00. The first kappa shape index (κ1) is 23.3. The van der Waals surface area contributed by atoms with Crippen LogP contribution in [-0.4, -0.2) is 42.3 Å². The van der Waals surface area contributed by atoms with Crippen LogP contribution in [-0.2, 0) is 16.4 Å². The summed E-state index contributed by atoms with van der Waals surface area (Å²) >= 11 is 1.40. The predicted molar refractivity (Wildman–Crippen MR) is 127 cm³/mol. The number of piperidine rings is 1. The largest absolute Gasteiger partial charge is 0.347 e. The van der Waals surface area contributed by atoms with E-state index in [9.17, 15) is 18.5 Å². The quantitative estimate of drug-likeness (QED) is 0.381. The van der Waals surface area contributed by atoms with Crippen LogP contribution in [0.2, 0.25) is 0 Å². The second-order valence-electron chi connectivity index (χ2n) is 8.19. The molecule has 174 valence electrons. The third-order valence-electron chi connectivity index (χ3n) is 5.75. The fourth-order valence-electron chi connectivity index (χ4n) is 3.72. The molecule has 2 heterocycles. The Balaban J connectivity index is 1.27. The van der Waals surface area contributed by atoms with Gasteiger partial charge >= 0.3 is 0 Å². The molecule has 1 aromatic heterocycles. The van der Waals surface area contributed by atoms with Crippen molar-refractivity contribution in [1.29, 1.82) is 0 Å². The number of aryl methyl sites for hydroxylation is 1. The van der Waals surface area contributed by atoms with Crippen LogP contribution < -0.4 is 9.62 Å². The van der Waals surface area contributed by atoms with Gasteiger partial charge in [-0.25, -0.2) is 18.1 Å². The first-order chi connectivity index (χ1) is 15.8. The van der Waals surface area contributed by atoms with E-state index in [2.05, 4.69) is 45.2 Å². The van der Waals surface area contributed by atoms with E-state index >= 15 is 0 Å². The maximum atomic E-state index is 12.5. The maximum absolute atomic E-state index is 12.5. The lowest BCUT2D eigenvalue weighted by Gasteiger charge is -2.31. The van der Waals surface area contributed by atoms with Gasteiger partial charge < -0.3 is 4.90 Å². The summed E-state index contributed by atoms with van der Waals surface area (Å²) in [5.74, 6) is 1.03. The highest BCUT2D eigenvalue weighted by Crippen LogP contribution is 2.25. The first-order valence-corrected chi connectivity index (χ1v) is 12.9. The number of sulfonamides is 1. The molecule has 11 heteroatoms. The Morgan fingerprint density at radius 2 is 1.79 bits per heavy atom. The van der Waals surface area contributed by atoms with Gasteiger partial charge in [-0.2, -0.15) is 4.37 Å². The van der Waals surface area contributed by atoms with Gasteiger partial charge in [-0.1, -0.05) is 29.8 Å². The monoisotopic (exact) mass is 487 g/mol. The number of nitro benzene ring substituents is 1. The van der Waals surface area contributed by atoms with Crippen LogP contribution in [0.4, 0.5) is 10.8 Å². The summed E-state index contributed by atoms with van der Waals surface area (Å²) in [5.41, 5.74) is 2.27. The molecular weight excluding hydrogens is 462 g/mol.